The van der Waals surface area contributed by atoms with E-state index in [1.165, 1.54) is 6.08 Å². The lowest BCUT2D eigenvalue weighted by molar-refractivity contribution is -0.141. The molecule has 1 amide bonds. The first kappa shape index (κ1) is 12.6. The molecule has 0 radical (unpaired) electrons. The van der Waals surface area contributed by atoms with Gasteiger partial charge in [-0.2, -0.15) is 0 Å². The number of carboxylic acid groups (broad SMARTS) is 1. The van der Waals surface area contributed by atoms with E-state index in [-0.39, 0.29) is 13.0 Å². The molecule has 0 aromatic rings. The lowest BCUT2D eigenvalue weighted by atomic mass is 10.2. The molecule has 14 heavy (non-hydrogen) atoms. The highest BCUT2D eigenvalue weighted by atomic mass is 16.4. The molecule has 0 aromatic heterocycles. The van der Waals surface area contributed by atoms with Gasteiger partial charge < -0.3 is 15.5 Å². The summed E-state index contributed by atoms with van der Waals surface area (Å²) in [5, 5.41) is 19.5. The fraction of sp³-hybridized carbons (Fsp3) is 0.556. The Labute approximate surface area is 82.4 Å². The molecule has 5 nitrogen and oxygen atoms in total. The molecule has 5 heteroatoms. The highest BCUT2D eigenvalue weighted by Gasteiger charge is 2.17. The number of hydrogen-bond donors (Lipinski definition) is 3. The van der Waals surface area contributed by atoms with Crippen LogP contribution in [-0.4, -0.2) is 34.7 Å². The largest absolute Gasteiger partial charge is 0.480 e. The summed E-state index contributed by atoms with van der Waals surface area (Å²) in [5.74, 6) is -1.60. The van der Waals surface area contributed by atoms with Crippen molar-refractivity contribution in [2.45, 2.75) is 26.3 Å². The molecule has 0 spiro atoms. The normalized spacial score (nSPS) is 11.6. The van der Waals surface area contributed by atoms with Crippen molar-refractivity contribution in [2.24, 2.45) is 0 Å². The summed E-state index contributed by atoms with van der Waals surface area (Å²) in [6.45, 7) is 3.20. The second kappa shape index (κ2) is 6.15. The summed E-state index contributed by atoms with van der Waals surface area (Å²) < 4.78 is 0. The van der Waals surface area contributed by atoms with E-state index in [4.69, 9.17) is 10.2 Å². The Kier molecular flexibility index (Phi) is 5.55. The van der Waals surface area contributed by atoms with Crippen molar-refractivity contribution in [2.75, 3.05) is 6.61 Å². The molecular weight excluding hydrogens is 186 g/mol. The van der Waals surface area contributed by atoms with Crippen molar-refractivity contribution < 1.29 is 19.8 Å². The number of rotatable bonds is 5. The van der Waals surface area contributed by atoms with Gasteiger partial charge in [0.1, 0.15) is 6.04 Å². The molecule has 0 fully saturated rings. The minimum atomic E-state index is -1.14. The van der Waals surface area contributed by atoms with Crippen LogP contribution in [0.15, 0.2) is 11.6 Å². The molecule has 0 saturated carbocycles. The number of amides is 1. The SMILES string of the molecule is CC(C)=CC(=O)NC(CCO)C(=O)O. The molecule has 1 unspecified atom stereocenters. The third kappa shape index (κ3) is 5.31. The van der Waals surface area contributed by atoms with Gasteiger partial charge in [-0.1, -0.05) is 5.57 Å². The van der Waals surface area contributed by atoms with E-state index in [0.717, 1.165) is 5.57 Å². The van der Waals surface area contributed by atoms with E-state index < -0.39 is 17.9 Å². The Balaban J connectivity index is 4.23. The predicted octanol–water partition coefficient (Wildman–Crippen LogP) is -0.0956. The monoisotopic (exact) mass is 201 g/mol. The molecule has 0 rings (SSSR count). The maximum atomic E-state index is 11.1. The summed E-state index contributed by atoms with van der Waals surface area (Å²) >= 11 is 0. The van der Waals surface area contributed by atoms with Crippen molar-refractivity contribution in [3.63, 3.8) is 0 Å². The van der Waals surface area contributed by atoms with Crippen molar-refractivity contribution >= 4 is 11.9 Å². The molecule has 0 heterocycles. The van der Waals surface area contributed by atoms with E-state index in [2.05, 4.69) is 5.32 Å². The third-order valence-electron chi connectivity index (χ3n) is 1.45. The average molecular weight is 201 g/mol. The van der Waals surface area contributed by atoms with Gasteiger partial charge in [0, 0.05) is 19.1 Å². The Bertz CT molecular complexity index is 243. The van der Waals surface area contributed by atoms with Gasteiger partial charge in [0.15, 0.2) is 0 Å². The molecule has 1 atom stereocenters. The number of aliphatic carboxylic acids is 1. The first-order chi connectivity index (χ1) is 6.47. The van der Waals surface area contributed by atoms with Gasteiger partial charge in [0.25, 0.3) is 0 Å². The Morgan fingerprint density at radius 1 is 1.43 bits per heavy atom. The quantitative estimate of drug-likeness (QED) is 0.542. The van der Waals surface area contributed by atoms with Crippen molar-refractivity contribution in [1.29, 1.82) is 0 Å². The van der Waals surface area contributed by atoms with Crippen molar-refractivity contribution in [1.82, 2.24) is 5.32 Å². The number of hydrogen-bond acceptors (Lipinski definition) is 3. The van der Waals surface area contributed by atoms with E-state index >= 15 is 0 Å². The Morgan fingerprint density at radius 2 is 2.00 bits per heavy atom. The number of allylic oxidation sites excluding steroid dienone is 1. The van der Waals surface area contributed by atoms with Crippen LogP contribution in [-0.2, 0) is 9.59 Å². The second-order valence-electron chi connectivity index (χ2n) is 3.13. The van der Waals surface area contributed by atoms with E-state index in [1.807, 2.05) is 0 Å². The molecule has 3 N–H and O–H groups in total. The Hall–Kier alpha value is -1.36. The lowest BCUT2D eigenvalue weighted by Crippen LogP contribution is -2.40. The van der Waals surface area contributed by atoms with Crippen LogP contribution in [0.4, 0.5) is 0 Å². The van der Waals surface area contributed by atoms with Gasteiger partial charge in [-0.05, 0) is 13.8 Å². The molecule has 0 saturated heterocycles. The predicted molar refractivity (Wildman–Crippen MR) is 50.7 cm³/mol. The average Bonchev–Trinajstić information content (AvgIpc) is 2.01. The maximum absolute atomic E-state index is 11.1. The third-order valence-corrected chi connectivity index (χ3v) is 1.45. The molecule has 0 aliphatic rings. The minimum absolute atomic E-state index is 0.0116. The zero-order chi connectivity index (χ0) is 11.1. The number of carbonyl (C=O) groups is 2. The van der Waals surface area contributed by atoms with Gasteiger partial charge in [0.05, 0.1) is 0 Å². The van der Waals surface area contributed by atoms with Crippen molar-refractivity contribution in [3.8, 4) is 0 Å². The molecule has 0 aromatic carbocycles. The number of nitrogens with one attached hydrogen (secondary N) is 1. The van der Waals surface area contributed by atoms with Gasteiger partial charge in [0.2, 0.25) is 5.91 Å². The van der Waals surface area contributed by atoms with Crippen LogP contribution in [0.1, 0.15) is 20.3 Å². The number of carboxylic acids is 1. The smallest absolute Gasteiger partial charge is 0.326 e. The molecule has 80 valence electrons. The summed E-state index contributed by atoms with van der Waals surface area (Å²) in [7, 11) is 0. The maximum Gasteiger partial charge on any atom is 0.326 e. The topological polar surface area (TPSA) is 86.6 Å². The highest BCUT2D eigenvalue weighted by molar-refractivity contribution is 5.91. The lowest BCUT2D eigenvalue weighted by Gasteiger charge is -2.11. The van der Waals surface area contributed by atoms with E-state index in [9.17, 15) is 9.59 Å². The summed E-state index contributed by atoms with van der Waals surface area (Å²) in [4.78, 5) is 21.7. The molecule has 0 aliphatic heterocycles. The highest BCUT2D eigenvalue weighted by Crippen LogP contribution is 1.93. The fourth-order valence-corrected chi connectivity index (χ4v) is 0.862. The summed E-state index contributed by atoms with van der Waals surface area (Å²) in [5.41, 5.74) is 0.788. The standard InChI is InChI=1S/C9H15NO4/c1-6(2)5-8(12)10-7(3-4-11)9(13)14/h5,7,11H,3-4H2,1-2H3,(H,10,12)(H,13,14). The van der Waals surface area contributed by atoms with Crippen LogP contribution < -0.4 is 5.32 Å². The first-order valence-corrected chi connectivity index (χ1v) is 4.26. The summed E-state index contributed by atoms with van der Waals surface area (Å²) in [6, 6.07) is -1.02. The molecular formula is C9H15NO4. The van der Waals surface area contributed by atoms with Crippen LogP contribution in [0.3, 0.4) is 0 Å². The summed E-state index contributed by atoms with van der Waals surface area (Å²) in [6.07, 6.45) is 1.32. The van der Waals surface area contributed by atoms with Crippen LogP contribution >= 0.6 is 0 Å². The molecule has 0 aliphatic carbocycles. The first-order valence-electron chi connectivity index (χ1n) is 4.26. The van der Waals surface area contributed by atoms with Gasteiger partial charge in [-0.15, -0.1) is 0 Å². The second-order valence-corrected chi connectivity index (χ2v) is 3.13. The zero-order valence-corrected chi connectivity index (χ0v) is 8.28. The zero-order valence-electron chi connectivity index (χ0n) is 8.28. The van der Waals surface area contributed by atoms with Crippen LogP contribution in [0.2, 0.25) is 0 Å². The molecule has 0 bridgehead atoms. The number of carbonyl (C=O) groups excluding carboxylic acids is 1. The fourth-order valence-electron chi connectivity index (χ4n) is 0.862. The van der Waals surface area contributed by atoms with Crippen molar-refractivity contribution in [3.05, 3.63) is 11.6 Å². The van der Waals surface area contributed by atoms with Crippen LogP contribution in [0.5, 0.6) is 0 Å². The van der Waals surface area contributed by atoms with E-state index in [0.29, 0.717) is 0 Å². The number of aliphatic hydroxyl groups excluding tert-OH is 1. The van der Waals surface area contributed by atoms with Crippen LogP contribution in [0.25, 0.3) is 0 Å². The van der Waals surface area contributed by atoms with Gasteiger partial charge in [-0.25, -0.2) is 4.79 Å². The minimum Gasteiger partial charge on any atom is -0.480 e. The van der Waals surface area contributed by atoms with E-state index in [1.54, 1.807) is 13.8 Å². The van der Waals surface area contributed by atoms with Gasteiger partial charge in [-0.3, -0.25) is 4.79 Å². The Morgan fingerprint density at radius 3 is 2.36 bits per heavy atom. The van der Waals surface area contributed by atoms with Gasteiger partial charge >= 0.3 is 5.97 Å². The number of aliphatic hydroxyl groups is 1. The van der Waals surface area contributed by atoms with Crippen LogP contribution in [0, 0.1) is 0 Å².